The average Bonchev–Trinajstić information content (AvgIpc) is 3.10. The Hall–Kier alpha value is -1.29. The monoisotopic (exact) mass is 303 g/mol. The molecule has 1 aromatic rings. The first-order valence-electron chi connectivity index (χ1n) is 7.61. The van der Waals surface area contributed by atoms with Gasteiger partial charge in [0.1, 0.15) is 5.82 Å². The molecule has 0 radical (unpaired) electrons. The van der Waals surface area contributed by atoms with Crippen molar-refractivity contribution in [1.29, 1.82) is 0 Å². The van der Waals surface area contributed by atoms with E-state index in [1.165, 1.54) is 6.07 Å². The highest BCUT2D eigenvalue weighted by molar-refractivity contribution is 7.99. The molecule has 110 valence electrons. The van der Waals surface area contributed by atoms with E-state index in [4.69, 9.17) is 0 Å². The summed E-state index contributed by atoms with van der Waals surface area (Å²) in [5, 5.41) is 3.18. The first kappa shape index (κ1) is 13.4. The molecule has 1 heterocycles. The van der Waals surface area contributed by atoms with Crippen molar-refractivity contribution >= 4 is 17.7 Å². The minimum absolute atomic E-state index is 0.0347. The van der Waals surface area contributed by atoms with Crippen LogP contribution in [0.3, 0.4) is 0 Å². The lowest BCUT2D eigenvalue weighted by atomic mass is 9.92. The minimum Gasteiger partial charge on any atom is -0.349 e. The Labute approximate surface area is 128 Å². The number of benzene rings is 1. The van der Waals surface area contributed by atoms with Crippen LogP contribution in [0.1, 0.15) is 30.9 Å². The van der Waals surface area contributed by atoms with Crippen LogP contribution in [-0.2, 0) is 4.79 Å². The van der Waals surface area contributed by atoms with Gasteiger partial charge in [0, 0.05) is 16.6 Å². The molecule has 2 nitrogen and oxygen atoms in total. The Morgan fingerprint density at radius 2 is 2.19 bits per heavy atom. The number of amides is 1. The van der Waals surface area contributed by atoms with Crippen molar-refractivity contribution in [3.63, 3.8) is 0 Å². The van der Waals surface area contributed by atoms with E-state index in [0.717, 1.165) is 35.5 Å². The molecular weight excluding hydrogens is 285 g/mol. The van der Waals surface area contributed by atoms with E-state index < -0.39 is 0 Å². The Bertz CT molecular complexity index is 615. The van der Waals surface area contributed by atoms with Crippen LogP contribution in [0.25, 0.3) is 0 Å². The van der Waals surface area contributed by atoms with Gasteiger partial charge in [0.2, 0.25) is 5.91 Å². The van der Waals surface area contributed by atoms with Gasteiger partial charge in [0.05, 0.1) is 6.04 Å². The second kappa shape index (κ2) is 5.16. The molecule has 2 aliphatic carbocycles. The number of thioether (sulfide) groups is 1. The number of allylic oxidation sites excluding steroid dienone is 2. The van der Waals surface area contributed by atoms with E-state index in [2.05, 4.69) is 17.5 Å². The van der Waals surface area contributed by atoms with Crippen LogP contribution >= 0.6 is 11.8 Å². The van der Waals surface area contributed by atoms with Gasteiger partial charge in [-0.3, -0.25) is 4.79 Å². The normalized spacial score (nSPS) is 33.0. The summed E-state index contributed by atoms with van der Waals surface area (Å²) in [5.41, 5.74) is 0.943. The van der Waals surface area contributed by atoms with Gasteiger partial charge in [-0.2, -0.15) is 0 Å². The molecule has 4 heteroatoms. The molecule has 1 saturated carbocycles. The summed E-state index contributed by atoms with van der Waals surface area (Å²) >= 11 is 1.74. The molecule has 1 fully saturated rings. The smallest absolute Gasteiger partial charge is 0.224 e. The van der Waals surface area contributed by atoms with Gasteiger partial charge >= 0.3 is 0 Å². The number of carbonyl (C=O) groups is 1. The van der Waals surface area contributed by atoms with E-state index in [1.807, 2.05) is 6.07 Å². The highest BCUT2D eigenvalue weighted by atomic mass is 32.2. The summed E-state index contributed by atoms with van der Waals surface area (Å²) in [7, 11) is 0. The lowest BCUT2D eigenvalue weighted by Crippen LogP contribution is -2.36. The molecule has 0 saturated heterocycles. The molecule has 1 N–H and O–H groups in total. The average molecular weight is 303 g/mol. The molecule has 4 atom stereocenters. The van der Waals surface area contributed by atoms with Crippen molar-refractivity contribution in [3.8, 4) is 0 Å². The number of hydrogen-bond acceptors (Lipinski definition) is 2. The molecule has 3 aliphatic rings. The third-order valence-corrected chi connectivity index (χ3v) is 6.07. The first-order chi connectivity index (χ1) is 10.2. The third-order valence-electron chi connectivity index (χ3n) is 4.94. The Kier molecular flexibility index (Phi) is 3.29. The van der Waals surface area contributed by atoms with Crippen LogP contribution in [0.5, 0.6) is 0 Å². The van der Waals surface area contributed by atoms with Crippen molar-refractivity contribution < 1.29 is 9.18 Å². The van der Waals surface area contributed by atoms with Crippen LogP contribution in [0.15, 0.2) is 35.2 Å². The fourth-order valence-electron chi connectivity index (χ4n) is 3.88. The van der Waals surface area contributed by atoms with Gasteiger partial charge in [-0.05, 0) is 54.9 Å². The molecule has 21 heavy (non-hydrogen) atoms. The molecule has 0 aromatic heterocycles. The number of fused-ring (bicyclic) bond motifs is 3. The summed E-state index contributed by atoms with van der Waals surface area (Å²) in [6.07, 6.45) is 7.43. The Morgan fingerprint density at radius 3 is 2.95 bits per heavy atom. The topological polar surface area (TPSA) is 29.1 Å². The van der Waals surface area contributed by atoms with Crippen LogP contribution in [0, 0.1) is 23.6 Å². The first-order valence-corrected chi connectivity index (χ1v) is 8.60. The quantitative estimate of drug-likeness (QED) is 0.844. The molecule has 1 aromatic carbocycles. The number of carbonyl (C=O) groups excluding carboxylic acids is 1. The zero-order valence-corrected chi connectivity index (χ0v) is 12.5. The summed E-state index contributed by atoms with van der Waals surface area (Å²) in [4.78, 5) is 13.7. The van der Waals surface area contributed by atoms with Crippen molar-refractivity contribution in [2.45, 2.75) is 30.2 Å². The highest BCUT2D eigenvalue weighted by Crippen LogP contribution is 2.44. The lowest BCUT2D eigenvalue weighted by Gasteiger charge is -2.28. The molecule has 4 rings (SSSR count). The van der Waals surface area contributed by atoms with E-state index in [-0.39, 0.29) is 23.7 Å². The lowest BCUT2D eigenvalue weighted by molar-refractivity contribution is -0.126. The van der Waals surface area contributed by atoms with Crippen molar-refractivity contribution in [1.82, 2.24) is 5.32 Å². The van der Waals surface area contributed by atoms with Crippen LogP contribution in [0.4, 0.5) is 4.39 Å². The number of hydrogen-bond donors (Lipinski definition) is 1. The van der Waals surface area contributed by atoms with Gasteiger partial charge in [-0.15, -0.1) is 11.8 Å². The maximum atomic E-state index is 13.5. The molecular formula is C17H18FNOS. The molecule has 1 aliphatic heterocycles. The Morgan fingerprint density at radius 1 is 1.29 bits per heavy atom. The van der Waals surface area contributed by atoms with E-state index in [0.29, 0.717) is 11.8 Å². The van der Waals surface area contributed by atoms with E-state index in [1.54, 1.807) is 17.8 Å². The van der Waals surface area contributed by atoms with Gasteiger partial charge in [0.25, 0.3) is 0 Å². The van der Waals surface area contributed by atoms with Gasteiger partial charge in [-0.1, -0.05) is 12.2 Å². The third kappa shape index (κ3) is 2.39. The molecule has 4 unspecified atom stereocenters. The van der Waals surface area contributed by atoms with Crippen LogP contribution < -0.4 is 5.32 Å². The zero-order valence-electron chi connectivity index (χ0n) is 11.7. The zero-order chi connectivity index (χ0) is 14.4. The fourth-order valence-corrected chi connectivity index (χ4v) is 4.98. The van der Waals surface area contributed by atoms with Crippen LogP contribution in [0.2, 0.25) is 0 Å². The predicted octanol–water partition coefficient (Wildman–Crippen LogP) is 3.69. The van der Waals surface area contributed by atoms with Gasteiger partial charge in [0.15, 0.2) is 0 Å². The SMILES string of the molecule is O=C(NC1CCSc2ccc(F)cc21)C1CC2C=CC1C2. The highest BCUT2D eigenvalue weighted by Gasteiger charge is 2.40. The summed E-state index contributed by atoms with van der Waals surface area (Å²) < 4.78 is 13.5. The summed E-state index contributed by atoms with van der Waals surface area (Å²) in [6, 6.07) is 4.87. The number of rotatable bonds is 2. The minimum atomic E-state index is -0.224. The Balaban J connectivity index is 1.52. The maximum absolute atomic E-state index is 13.5. The fraction of sp³-hybridized carbons (Fsp3) is 0.471. The van der Waals surface area contributed by atoms with Crippen molar-refractivity contribution in [2.75, 3.05) is 5.75 Å². The van der Waals surface area contributed by atoms with E-state index in [9.17, 15) is 9.18 Å². The second-order valence-electron chi connectivity index (χ2n) is 6.27. The summed E-state index contributed by atoms with van der Waals surface area (Å²) in [6.45, 7) is 0. The second-order valence-corrected chi connectivity index (χ2v) is 7.40. The maximum Gasteiger partial charge on any atom is 0.224 e. The molecule has 2 bridgehead atoms. The number of nitrogens with one attached hydrogen (secondary N) is 1. The standard InChI is InChI=1S/C17H18FNOS/c18-12-3-4-16-14(9-12)15(5-6-21-16)19-17(20)13-8-10-1-2-11(13)7-10/h1-4,9-11,13,15H,5-8H2,(H,19,20). The largest absolute Gasteiger partial charge is 0.349 e. The summed E-state index contributed by atoms with van der Waals surface area (Å²) in [5.74, 6) is 2.03. The van der Waals surface area contributed by atoms with Crippen LogP contribution in [-0.4, -0.2) is 11.7 Å². The number of halogens is 1. The van der Waals surface area contributed by atoms with E-state index >= 15 is 0 Å². The van der Waals surface area contributed by atoms with Gasteiger partial charge in [-0.25, -0.2) is 4.39 Å². The van der Waals surface area contributed by atoms with Gasteiger partial charge < -0.3 is 5.32 Å². The predicted molar refractivity (Wildman–Crippen MR) is 81.5 cm³/mol. The molecule has 1 amide bonds. The molecule has 0 spiro atoms. The van der Waals surface area contributed by atoms with Crippen molar-refractivity contribution in [2.24, 2.45) is 17.8 Å². The van der Waals surface area contributed by atoms with Crippen molar-refractivity contribution in [3.05, 3.63) is 41.7 Å².